The number of amides is 1. The standard InChI is InChI=1S/C29H30ClFN6O2/c30-21-5-6-24-22(18-21)27(34-23-3-1-2-4-25(23)39-24)36-13-15-37(16-14-36)28(38)29(31)8-11-35(12-9-29)19-20-7-10-33-26(32)17-20/h1-7,10,17-18H,8-9,11-16,19H2,(H2,32,33). The van der Waals surface area contributed by atoms with E-state index < -0.39 is 11.6 Å². The zero-order chi connectivity index (χ0) is 27.0. The van der Waals surface area contributed by atoms with Gasteiger partial charge in [-0.15, -0.1) is 0 Å². The summed E-state index contributed by atoms with van der Waals surface area (Å²) in [5, 5.41) is 0.586. The number of aromatic nitrogens is 1. The number of hydrogen-bond acceptors (Lipinski definition) is 7. The third-order valence-corrected chi connectivity index (χ3v) is 7.88. The number of nitrogens with zero attached hydrogens (tertiary/aromatic N) is 5. The first-order valence-electron chi connectivity index (χ1n) is 13.2. The SMILES string of the molecule is Nc1cc(CN2CCC(F)(C(=O)N3CCN(C4=Nc5ccccc5Oc5ccc(Cl)cc54)CC3)CC2)ccn1. The van der Waals surface area contributed by atoms with Crippen LogP contribution in [-0.4, -0.2) is 76.4 Å². The van der Waals surface area contributed by atoms with E-state index in [1.807, 2.05) is 48.5 Å². The van der Waals surface area contributed by atoms with Crippen LogP contribution in [0.4, 0.5) is 15.9 Å². The number of piperazine rings is 1. The number of aliphatic imine (C=N–C) groups is 1. The van der Waals surface area contributed by atoms with Crippen molar-refractivity contribution in [3.05, 3.63) is 76.9 Å². The average molecular weight is 549 g/mol. The molecule has 1 aromatic heterocycles. The van der Waals surface area contributed by atoms with Gasteiger partial charge in [-0.05, 0) is 48.0 Å². The number of nitrogen functional groups attached to an aromatic ring is 1. The third-order valence-electron chi connectivity index (χ3n) is 7.64. The number of pyridine rings is 1. The highest BCUT2D eigenvalue weighted by Crippen LogP contribution is 2.39. The molecule has 10 heteroatoms. The van der Waals surface area contributed by atoms with Crippen LogP contribution in [0.2, 0.25) is 5.02 Å². The molecule has 0 bridgehead atoms. The van der Waals surface area contributed by atoms with E-state index in [4.69, 9.17) is 27.1 Å². The number of carbonyl (C=O) groups excluding carboxylic acids is 1. The van der Waals surface area contributed by atoms with Gasteiger partial charge in [0.25, 0.3) is 5.91 Å². The number of anilines is 1. The smallest absolute Gasteiger partial charge is 0.260 e. The van der Waals surface area contributed by atoms with Crippen LogP contribution in [0.1, 0.15) is 24.0 Å². The van der Waals surface area contributed by atoms with E-state index in [9.17, 15) is 4.79 Å². The topological polar surface area (TPSA) is 87.3 Å². The number of benzene rings is 2. The minimum Gasteiger partial charge on any atom is -0.454 e. The van der Waals surface area contributed by atoms with Crippen molar-refractivity contribution in [3.63, 3.8) is 0 Å². The molecule has 8 nitrogen and oxygen atoms in total. The number of rotatable bonds is 3. The van der Waals surface area contributed by atoms with Gasteiger partial charge in [0.05, 0.1) is 5.56 Å². The molecule has 202 valence electrons. The van der Waals surface area contributed by atoms with Crippen LogP contribution in [-0.2, 0) is 11.3 Å². The Labute approximate surface area is 231 Å². The minimum atomic E-state index is -1.84. The summed E-state index contributed by atoms with van der Waals surface area (Å²) in [6, 6.07) is 16.8. The summed E-state index contributed by atoms with van der Waals surface area (Å²) in [5.74, 6) is 2.14. The van der Waals surface area contributed by atoms with E-state index in [-0.39, 0.29) is 12.8 Å². The average Bonchev–Trinajstić information content (AvgIpc) is 3.11. The highest BCUT2D eigenvalue weighted by atomic mass is 35.5. The maximum atomic E-state index is 15.9. The summed E-state index contributed by atoms with van der Waals surface area (Å²) in [6.07, 6.45) is 2.04. The van der Waals surface area contributed by atoms with Crippen LogP contribution >= 0.6 is 11.6 Å². The third kappa shape index (κ3) is 5.29. The Morgan fingerprint density at radius 3 is 2.54 bits per heavy atom. The zero-order valence-corrected chi connectivity index (χ0v) is 22.3. The number of alkyl halides is 1. The Balaban J connectivity index is 1.12. The lowest BCUT2D eigenvalue weighted by Gasteiger charge is -2.41. The number of fused-ring (bicyclic) bond motifs is 2. The molecule has 0 saturated carbocycles. The molecule has 0 aliphatic carbocycles. The van der Waals surface area contributed by atoms with Crippen LogP contribution in [0.3, 0.4) is 0 Å². The molecule has 0 atom stereocenters. The normalized spacial score (nSPS) is 18.9. The monoisotopic (exact) mass is 548 g/mol. The maximum Gasteiger partial charge on any atom is 0.260 e. The first kappa shape index (κ1) is 25.6. The summed E-state index contributed by atoms with van der Waals surface area (Å²) < 4.78 is 22.1. The van der Waals surface area contributed by atoms with Gasteiger partial charge in [0, 0.05) is 69.9 Å². The largest absolute Gasteiger partial charge is 0.454 e. The van der Waals surface area contributed by atoms with E-state index in [0.29, 0.717) is 68.2 Å². The van der Waals surface area contributed by atoms with Crippen LogP contribution in [0.15, 0.2) is 65.8 Å². The van der Waals surface area contributed by atoms with Gasteiger partial charge in [0.15, 0.2) is 11.4 Å². The molecule has 2 fully saturated rings. The number of likely N-dealkylation sites (tertiary alicyclic amines) is 1. The van der Waals surface area contributed by atoms with Gasteiger partial charge in [-0.3, -0.25) is 9.69 Å². The fourth-order valence-electron chi connectivity index (χ4n) is 5.47. The summed E-state index contributed by atoms with van der Waals surface area (Å²) in [7, 11) is 0. The second-order valence-corrected chi connectivity index (χ2v) is 10.7. The molecule has 4 heterocycles. The molecule has 3 aromatic rings. The highest BCUT2D eigenvalue weighted by molar-refractivity contribution is 6.31. The number of piperidine rings is 1. The van der Waals surface area contributed by atoms with Gasteiger partial charge in [-0.2, -0.15) is 0 Å². The molecule has 2 saturated heterocycles. The van der Waals surface area contributed by atoms with E-state index in [0.717, 1.165) is 22.6 Å². The molecule has 39 heavy (non-hydrogen) atoms. The number of carbonyl (C=O) groups is 1. The van der Waals surface area contributed by atoms with Crippen LogP contribution in [0.25, 0.3) is 0 Å². The molecule has 3 aliphatic rings. The quantitative estimate of drug-likeness (QED) is 0.513. The predicted molar refractivity (Wildman–Crippen MR) is 149 cm³/mol. The maximum absolute atomic E-state index is 15.9. The van der Waals surface area contributed by atoms with Crippen LogP contribution < -0.4 is 10.5 Å². The summed E-state index contributed by atoms with van der Waals surface area (Å²) in [6.45, 7) is 3.59. The van der Waals surface area contributed by atoms with Crippen molar-refractivity contribution in [2.24, 2.45) is 4.99 Å². The predicted octanol–water partition coefficient (Wildman–Crippen LogP) is 4.65. The minimum absolute atomic E-state index is 0.180. The van der Waals surface area contributed by atoms with E-state index >= 15 is 4.39 Å². The molecule has 2 aromatic carbocycles. The number of ether oxygens (including phenoxy) is 1. The molecule has 2 N–H and O–H groups in total. The van der Waals surface area contributed by atoms with E-state index in [2.05, 4.69) is 14.8 Å². The lowest BCUT2D eigenvalue weighted by molar-refractivity contribution is -0.148. The van der Waals surface area contributed by atoms with Crippen LogP contribution in [0.5, 0.6) is 11.5 Å². The first-order chi connectivity index (χ1) is 18.9. The summed E-state index contributed by atoms with van der Waals surface area (Å²) in [4.78, 5) is 28.2. The van der Waals surface area contributed by atoms with Crippen LogP contribution in [0, 0.1) is 0 Å². The van der Waals surface area contributed by atoms with Gasteiger partial charge >= 0.3 is 0 Å². The lowest BCUT2D eigenvalue weighted by atomic mass is 9.91. The molecular weight excluding hydrogens is 519 g/mol. The van der Waals surface area contributed by atoms with Crippen molar-refractivity contribution < 1.29 is 13.9 Å². The molecule has 0 unspecified atom stereocenters. The van der Waals surface area contributed by atoms with Crippen molar-refractivity contribution >= 4 is 34.8 Å². The number of halogens is 2. The number of para-hydroxylation sites is 2. The van der Waals surface area contributed by atoms with Gasteiger partial charge in [0.1, 0.15) is 23.1 Å². The molecule has 1 amide bonds. The van der Waals surface area contributed by atoms with Crippen molar-refractivity contribution in [2.75, 3.05) is 45.0 Å². The van der Waals surface area contributed by atoms with Gasteiger partial charge in [0.2, 0.25) is 0 Å². The Bertz CT molecular complexity index is 1420. The van der Waals surface area contributed by atoms with Crippen molar-refractivity contribution in [2.45, 2.75) is 25.1 Å². The lowest BCUT2D eigenvalue weighted by Crippen LogP contribution is -2.57. The second-order valence-electron chi connectivity index (χ2n) is 10.3. The molecule has 3 aliphatic heterocycles. The fourth-order valence-corrected chi connectivity index (χ4v) is 5.64. The van der Waals surface area contributed by atoms with Crippen molar-refractivity contribution in [1.82, 2.24) is 19.7 Å². The van der Waals surface area contributed by atoms with Crippen molar-refractivity contribution in [1.29, 1.82) is 0 Å². The molecule has 6 rings (SSSR count). The number of hydrogen-bond donors (Lipinski definition) is 1. The van der Waals surface area contributed by atoms with Gasteiger partial charge in [-0.25, -0.2) is 14.4 Å². The van der Waals surface area contributed by atoms with Gasteiger partial charge in [-0.1, -0.05) is 23.7 Å². The molecular formula is C29H30ClFN6O2. The van der Waals surface area contributed by atoms with Crippen molar-refractivity contribution in [3.8, 4) is 11.5 Å². The summed E-state index contributed by atoms with van der Waals surface area (Å²) >= 11 is 6.34. The second kappa shape index (κ2) is 10.5. The Hall–Kier alpha value is -3.69. The summed E-state index contributed by atoms with van der Waals surface area (Å²) in [5.41, 5.74) is 6.49. The highest BCUT2D eigenvalue weighted by Gasteiger charge is 2.45. The fraction of sp³-hybridized carbons (Fsp3) is 0.345. The first-order valence-corrected chi connectivity index (χ1v) is 13.6. The molecule has 0 radical (unpaired) electrons. The Kier molecular flexibility index (Phi) is 6.86. The van der Waals surface area contributed by atoms with E-state index in [1.165, 1.54) is 0 Å². The van der Waals surface area contributed by atoms with Gasteiger partial charge < -0.3 is 20.3 Å². The van der Waals surface area contributed by atoms with E-state index in [1.54, 1.807) is 17.2 Å². The molecule has 0 spiro atoms. The Morgan fingerprint density at radius 1 is 1.00 bits per heavy atom. The number of nitrogens with two attached hydrogens (primary N) is 1. The zero-order valence-electron chi connectivity index (χ0n) is 21.5. The Morgan fingerprint density at radius 2 is 1.77 bits per heavy atom. The number of amidine groups is 1.